The first-order valence-electron chi connectivity index (χ1n) is 14.9. The Morgan fingerprint density at radius 3 is 2.69 bits per heavy atom. The van der Waals surface area contributed by atoms with Crippen LogP contribution in [0.3, 0.4) is 0 Å². The molecule has 1 spiro atoms. The van der Waals surface area contributed by atoms with Gasteiger partial charge in [-0.2, -0.15) is 0 Å². The summed E-state index contributed by atoms with van der Waals surface area (Å²) >= 11 is 1.47. The number of rotatable bonds is 8. The van der Waals surface area contributed by atoms with Crippen molar-refractivity contribution in [3.63, 3.8) is 0 Å². The molecule has 2 unspecified atom stereocenters. The second-order valence-electron chi connectivity index (χ2n) is 12.3. The largest absolute Gasteiger partial charge is 0.477 e. The predicted octanol–water partition coefficient (Wildman–Crippen LogP) is -0.451. The third-order valence-electron chi connectivity index (χ3n) is 9.71. The third kappa shape index (κ3) is 5.30. The monoisotopic (exact) mass is 601 g/mol. The van der Waals surface area contributed by atoms with E-state index in [1.807, 2.05) is 11.8 Å². The van der Waals surface area contributed by atoms with Crippen LogP contribution in [0, 0.1) is 11.8 Å². The molecule has 6 atom stereocenters. The number of amides is 3. The number of aliphatic carboxylic acids is 1. The molecule has 0 radical (unpaired) electrons. The van der Waals surface area contributed by atoms with Crippen molar-refractivity contribution >= 4 is 35.5 Å². The molecule has 1 aromatic heterocycles. The van der Waals surface area contributed by atoms with Crippen LogP contribution < -0.4 is 16.0 Å². The van der Waals surface area contributed by atoms with Gasteiger partial charge < -0.3 is 30.9 Å². The number of hydrogen-bond donors (Lipinski definition) is 4. The van der Waals surface area contributed by atoms with Gasteiger partial charge in [0.15, 0.2) is 0 Å². The van der Waals surface area contributed by atoms with E-state index in [1.54, 1.807) is 6.92 Å². The number of carbonyl (C=O) groups excluding carboxylic acids is 3. The number of carboxylic acid groups (broad SMARTS) is 1. The van der Waals surface area contributed by atoms with E-state index in [-0.39, 0.29) is 58.8 Å². The van der Waals surface area contributed by atoms with Gasteiger partial charge in [0.05, 0.1) is 18.0 Å². The minimum atomic E-state index is -1.13. The molecule has 3 amide bonds. The van der Waals surface area contributed by atoms with E-state index in [0.29, 0.717) is 17.9 Å². The Kier molecular flexibility index (Phi) is 8.00. The van der Waals surface area contributed by atoms with Gasteiger partial charge in [0, 0.05) is 47.3 Å². The molecule has 6 heterocycles. The number of likely N-dealkylation sites (tertiary alicyclic amines) is 1. The molecule has 6 rings (SSSR count). The molecule has 4 fully saturated rings. The smallest absolute Gasteiger partial charge is 0.353 e. The summed E-state index contributed by atoms with van der Waals surface area (Å²) in [5.74, 6) is -2.39. The van der Waals surface area contributed by atoms with Crippen LogP contribution in [0.25, 0.3) is 0 Å². The molecule has 1 aromatic rings. The van der Waals surface area contributed by atoms with Gasteiger partial charge in [-0.05, 0) is 56.0 Å². The van der Waals surface area contributed by atoms with Crippen LogP contribution in [0.2, 0.25) is 0 Å². The number of thioether (sulfide) groups is 1. The topological polar surface area (TPSA) is 175 Å². The van der Waals surface area contributed by atoms with Crippen LogP contribution in [0.5, 0.6) is 0 Å². The Balaban J connectivity index is 1.06. The number of piperidine rings is 2. The van der Waals surface area contributed by atoms with Crippen molar-refractivity contribution in [2.24, 2.45) is 11.8 Å². The van der Waals surface area contributed by atoms with Crippen LogP contribution in [0.4, 0.5) is 0 Å². The highest BCUT2D eigenvalue weighted by Crippen LogP contribution is 2.52. The lowest BCUT2D eigenvalue weighted by Crippen LogP contribution is -2.66. The Labute approximate surface area is 248 Å². The van der Waals surface area contributed by atoms with Crippen LogP contribution in [-0.4, -0.2) is 114 Å². The Bertz CT molecular complexity index is 1260. The number of carbonyl (C=O) groups is 4. The number of hydrogen-bond acceptors (Lipinski definition) is 10. The van der Waals surface area contributed by atoms with Gasteiger partial charge in [-0.3, -0.25) is 14.4 Å². The second-order valence-corrected chi connectivity index (χ2v) is 13.7. The zero-order valence-electron chi connectivity index (χ0n) is 24.0. The molecule has 14 nitrogen and oxygen atoms in total. The minimum Gasteiger partial charge on any atom is -0.477 e. The summed E-state index contributed by atoms with van der Waals surface area (Å²) in [6.45, 7) is 6.80. The lowest BCUT2D eigenvalue weighted by Gasteiger charge is -2.47. The highest BCUT2D eigenvalue weighted by molar-refractivity contribution is 8.03. The van der Waals surface area contributed by atoms with Gasteiger partial charge in [0.25, 0.3) is 0 Å². The fourth-order valence-electron chi connectivity index (χ4n) is 7.48. The van der Waals surface area contributed by atoms with Crippen molar-refractivity contribution in [2.75, 3.05) is 26.2 Å². The van der Waals surface area contributed by atoms with E-state index in [1.165, 1.54) is 46.9 Å². The lowest BCUT2D eigenvalue weighted by atomic mass is 9.78. The molecule has 0 saturated carbocycles. The molecule has 42 heavy (non-hydrogen) atoms. The molecular weight excluding hydrogens is 562 g/mol. The minimum absolute atomic E-state index is 0.0163. The van der Waals surface area contributed by atoms with Crippen molar-refractivity contribution in [1.82, 2.24) is 46.0 Å². The van der Waals surface area contributed by atoms with Gasteiger partial charge in [0.1, 0.15) is 18.6 Å². The summed E-state index contributed by atoms with van der Waals surface area (Å²) in [4.78, 5) is 55.5. The van der Waals surface area contributed by atoms with E-state index >= 15 is 0 Å². The Morgan fingerprint density at radius 2 is 2.02 bits per heavy atom. The fraction of sp³-hybridized carbons (Fsp3) is 0.741. The van der Waals surface area contributed by atoms with Gasteiger partial charge in [-0.15, -0.1) is 16.9 Å². The molecule has 15 heteroatoms. The first kappa shape index (κ1) is 29.1. The van der Waals surface area contributed by atoms with E-state index in [4.69, 9.17) is 0 Å². The summed E-state index contributed by atoms with van der Waals surface area (Å²) < 4.78 is 1.29. The van der Waals surface area contributed by atoms with Gasteiger partial charge in [0.2, 0.25) is 17.7 Å². The van der Waals surface area contributed by atoms with Crippen molar-refractivity contribution in [3.05, 3.63) is 16.9 Å². The molecule has 0 aliphatic carbocycles. The number of tetrazole rings is 1. The molecule has 4 N–H and O–H groups in total. The van der Waals surface area contributed by atoms with Crippen molar-refractivity contribution in [1.29, 1.82) is 0 Å². The van der Waals surface area contributed by atoms with E-state index in [0.717, 1.165) is 32.5 Å². The highest BCUT2D eigenvalue weighted by atomic mass is 32.2. The zero-order chi connectivity index (χ0) is 29.6. The number of carboxylic acids is 1. The maximum Gasteiger partial charge on any atom is 0.353 e. The average Bonchev–Trinajstić information content (AvgIpc) is 3.70. The SMILES string of the molecule is C[C@@H](NC(=O)Cn1cnnn1)[C@H]1C(=O)N2C(C(=O)O)=C(SC3CNC(C(=O)N4CCC5(CCCCN5)CC4)C3)[C@H](C)[C@H]12. The first-order chi connectivity index (χ1) is 20.2. The molecule has 228 valence electrons. The number of β-lactam (4-membered cyclic amide) rings is 1. The van der Waals surface area contributed by atoms with Crippen molar-refractivity contribution < 1.29 is 24.3 Å². The predicted molar refractivity (Wildman–Crippen MR) is 152 cm³/mol. The summed E-state index contributed by atoms with van der Waals surface area (Å²) in [7, 11) is 0. The maximum atomic E-state index is 13.4. The number of nitrogens with one attached hydrogen (secondary N) is 3. The number of aromatic nitrogens is 4. The Hall–Kier alpha value is -3.04. The molecular formula is C27H39N9O5S. The van der Waals surface area contributed by atoms with Gasteiger partial charge >= 0.3 is 5.97 Å². The van der Waals surface area contributed by atoms with Crippen LogP contribution >= 0.6 is 11.8 Å². The zero-order valence-corrected chi connectivity index (χ0v) is 24.8. The number of fused-ring (bicyclic) bond motifs is 1. The summed E-state index contributed by atoms with van der Waals surface area (Å²) in [6, 6.07) is -1.13. The molecule has 0 bridgehead atoms. The van der Waals surface area contributed by atoms with Crippen molar-refractivity contribution in [2.45, 2.75) is 87.8 Å². The first-order valence-corrected chi connectivity index (χ1v) is 15.8. The third-order valence-corrected chi connectivity index (χ3v) is 11.2. The molecule has 4 saturated heterocycles. The van der Waals surface area contributed by atoms with E-state index < -0.39 is 17.9 Å². The second kappa shape index (κ2) is 11.6. The summed E-state index contributed by atoms with van der Waals surface area (Å²) in [5, 5.41) is 30.8. The molecule has 5 aliphatic rings. The lowest BCUT2D eigenvalue weighted by molar-refractivity contribution is -0.158. The Morgan fingerprint density at radius 1 is 1.24 bits per heavy atom. The summed E-state index contributed by atoms with van der Waals surface area (Å²) in [5.41, 5.74) is 0.218. The van der Waals surface area contributed by atoms with E-state index in [9.17, 15) is 24.3 Å². The number of nitrogens with zero attached hydrogens (tertiary/aromatic N) is 6. The quantitative estimate of drug-likeness (QED) is 0.284. The van der Waals surface area contributed by atoms with Gasteiger partial charge in [-0.1, -0.05) is 13.3 Å². The summed E-state index contributed by atoms with van der Waals surface area (Å²) in [6.07, 6.45) is 7.56. The fourth-order valence-corrected chi connectivity index (χ4v) is 8.96. The average molecular weight is 602 g/mol. The molecule has 0 aromatic carbocycles. The van der Waals surface area contributed by atoms with E-state index in [2.05, 4.69) is 31.5 Å². The van der Waals surface area contributed by atoms with Gasteiger partial charge in [-0.25, -0.2) is 9.48 Å². The van der Waals surface area contributed by atoms with Crippen molar-refractivity contribution in [3.8, 4) is 0 Å². The standard InChI is InChI=1S/C27H39N9O5S/c1-15-21-20(16(2)31-19(37)13-35-14-30-32-33-35)25(39)36(21)22(26(40)41)23(15)42-17-11-18(28-12-17)24(38)34-9-6-27(7-10-34)5-3-4-8-29-27/h14-18,20-21,28-29H,3-13H2,1-2H3,(H,31,37)(H,40,41)/t15-,16-,17?,18?,20-,21-/m1/s1. The maximum absolute atomic E-state index is 13.4. The molecule has 5 aliphatic heterocycles. The van der Waals surface area contributed by atoms with Crippen LogP contribution in [0.15, 0.2) is 16.9 Å². The highest BCUT2D eigenvalue weighted by Gasteiger charge is 2.60. The van der Waals surface area contributed by atoms with Crippen LogP contribution in [0.1, 0.15) is 52.4 Å². The normalized spacial score (nSPS) is 31.2. The van der Waals surface area contributed by atoms with Crippen LogP contribution in [-0.2, 0) is 25.7 Å².